The van der Waals surface area contributed by atoms with E-state index in [2.05, 4.69) is 60.0 Å². The van der Waals surface area contributed by atoms with Gasteiger partial charge in [-0.25, -0.2) is 4.98 Å². The average Bonchev–Trinajstić information content (AvgIpc) is 3.46. The van der Waals surface area contributed by atoms with Crippen molar-refractivity contribution in [3.63, 3.8) is 0 Å². The number of anilines is 2. The molecule has 1 aliphatic carbocycles. The van der Waals surface area contributed by atoms with Gasteiger partial charge in [-0.1, -0.05) is 47.5 Å². The minimum Gasteiger partial charge on any atom is -0.368 e. The van der Waals surface area contributed by atoms with E-state index in [0.717, 1.165) is 61.9 Å². The number of fused-ring (bicyclic) bond motifs is 2. The van der Waals surface area contributed by atoms with Gasteiger partial charge in [0.25, 0.3) is 5.78 Å². The van der Waals surface area contributed by atoms with Crippen molar-refractivity contribution in [2.24, 2.45) is 0 Å². The van der Waals surface area contributed by atoms with Gasteiger partial charge < -0.3 is 9.80 Å². The van der Waals surface area contributed by atoms with Gasteiger partial charge in [0.15, 0.2) is 5.82 Å². The van der Waals surface area contributed by atoms with Crippen molar-refractivity contribution in [2.75, 3.05) is 36.0 Å². The van der Waals surface area contributed by atoms with Gasteiger partial charge in [-0.15, -0.1) is 5.10 Å². The van der Waals surface area contributed by atoms with Crippen LogP contribution in [0.2, 0.25) is 5.02 Å². The monoisotopic (exact) mass is 458 g/mol. The molecule has 6 nitrogen and oxygen atoms in total. The third-order valence-electron chi connectivity index (χ3n) is 6.89. The first-order valence-electron chi connectivity index (χ1n) is 11.7. The van der Waals surface area contributed by atoms with Gasteiger partial charge in [-0.2, -0.15) is 9.50 Å². The lowest BCUT2D eigenvalue weighted by molar-refractivity contribution is 0.635. The van der Waals surface area contributed by atoms with Crippen molar-refractivity contribution < 1.29 is 0 Å². The van der Waals surface area contributed by atoms with E-state index < -0.39 is 0 Å². The molecular formula is C26H27ClN6. The Hall–Kier alpha value is -3.12. The van der Waals surface area contributed by atoms with Gasteiger partial charge in [0.2, 0.25) is 0 Å². The number of rotatable bonds is 3. The maximum absolute atomic E-state index is 6.29. The molecule has 1 fully saturated rings. The highest BCUT2D eigenvalue weighted by Gasteiger charge is 2.28. The second-order valence-electron chi connectivity index (χ2n) is 9.13. The predicted octanol–water partition coefficient (Wildman–Crippen LogP) is 4.88. The lowest BCUT2D eigenvalue weighted by Crippen LogP contribution is -2.47. The summed E-state index contributed by atoms with van der Waals surface area (Å²) >= 11 is 6.29. The van der Waals surface area contributed by atoms with Crippen molar-refractivity contribution >= 4 is 28.9 Å². The van der Waals surface area contributed by atoms with Crippen LogP contribution in [-0.2, 0) is 12.8 Å². The van der Waals surface area contributed by atoms with Crippen LogP contribution in [0.5, 0.6) is 0 Å². The van der Waals surface area contributed by atoms with Gasteiger partial charge in [0.1, 0.15) is 5.82 Å². The molecule has 168 valence electrons. The Balaban J connectivity index is 1.36. The van der Waals surface area contributed by atoms with Crippen molar-refractivity contribution in [3.8, 4) is 11.4 Å². The van der Waals surface area contributed by atoms with Crippen LogP contribution in [0.1, 0.15) is 28.8 Å². The third-order valence-corrected chi connectivity index (χ3v) is 7.12. The highest BCUT2D eigenvalue weighted by Crippen LogP contribution is 2.33. The molecule has 2 aromatic carbocycles. The Kier molecular flexibility index (Phi) is 4.98. The van der Waals surface area contributed by atoms with Crippen molar-refractivity contribution in [1.29, 1.82) is 0 Å². The van der Waals surface area contributed by atoms with Gasteiger partial charge in [0, 0.05) is 48.0 Å². The third kappa shape index (κ3) is 3.62. The van der Waals surface area contributed by atoms with Gasteiger partial charge in [-0.3, -0.25) is 0 Å². The molecule has 2 aromatic heterocycles. The van der Waals surface area contributed by atoms with Crippen LogP contribution in [-0.4, -0.2) is 45.8 Å². The first kappa shape index (κ1) is 20.5. The maximum atomic E-state index is 6.29. The second-order valence-corrected chi connectivity index (χ2v) is 9.57. The van der Waals surface area contributed by atoms with Crippen LogP contribution in [0.4, 0.5) is 11.5 Å². The Labute approximate surface area is 198 Å². The summed E-state index contributed by atoms with van der Waals surface area (Å²) in [6.45, 7) is 7.99. The van der Waals surface area contributed by atoms with E-state index in [-0.39, 0.29) is 0 Å². The van der Waals surface area contributed by atoms with E-state index in [1.165, 1.54) is 33.9 Å². The van der Waals surface area contributed by atoms with E-state index in [1.807, 2.05) is 10.6 Å². The predicted molar refractivity (Wildman–Crippen MR) is 134 cm³/mol. The number of hydrogen-bond donors (Lipinski definition) is 0. The van der Waals surface area contributed by atoms with E-state index in [1.54, 1.807) is 0 Å². The second kappa shape index (κ2) is 8.03. The molecule has 0 unspecified atom stereocenters. The summed E-state index contributed by atoms with van der Waals surface area (Å²) in [6, 6.07) is 14.5. The van der Waals surface area contributed by atoms with E-state index in [0.29, 0.717) is 5.78 Å². The Morgan fingerprint density at radius 2 is 1.61 bits per heavy atom. The summed E-state index contributed by atoms with van der Waals surface area (Å²) in [4.78, 5) is 14.6. The van der Waals surface area contributed by atoms with Gasteiger partial charge in [-0.05, 0) is 50.8 Å². The number of hydrogen-bond acceptors (Lipinski definition) is 5. The van der Waals surface area contributed by atoms with Gasteiger partial charge in [0.05, 0.1) is 5.69 Å². The number of nitrogens with zero attached hydrogens (tertiary/aromatic N) is 6. The lowest BCUT2D eigenvalue weighted by Gasteiger charge is -2.38. The average molecular weight is 459 g/mol. The zero-order chi connectivity index (χ0) is 22.5. The molecule has 3 heterocycles. The normalized spacial score (nSPS) is 16.0. The number of piperazine rings is 1. The molecule has 0 atom stereocenters. The molecule has 33 heavy (non-hydrogen) atoms. The molecular weight excluding hydrogens is 432 g/mol. The van der Waals surface area contributed by atoms with Crippen molar-refractivity contribution in [3.05, 3.63) is 69.9 Å². The fraction of sp³-hybridized carbons (Fsp3) is 0.346. The first-order chi connectivity index (χ1) is 16.1. The summed E-state index contributed by atoms with van der Waals surface area (Å²) in [7, 11) is 0. The SMILES string of the molecule is Cc1ccc(-c2nc3nc4c(c(N5CCN(c6cc(Cl)ccc6C)CC5)n3n2)CCC4)cc1. The highest BCUT2D eigenvalue weighted by atomic mass is 35.5. The molecule has 0 amide bonds. The molecule has 7 heteroatoms. The fourth-order valence-electron chi connectivity index (χ4n) is 5.09. The quantitative estimate of drug-likeness (QED) is 0.438. The maximum Gasteiger partial charge on any atom is 0.254 e. The molecule has 0 N–H and O–H groups in total. The Morgan fingerprint density at radius 3 is 2.39 bits per heavy atom. The van der Waals surface area contributed by atoms with E-state index in [4.69, 9.17) is 26.7 Å². The van der Waals surface area contributed by atoms with Crippen LogP contribution in [0.15, 0.2) is 42.5 Å². The lowest BCUT2D eigenvalue weighted by atomic mass is 10.1. The smallest absolute Gasteiger partial charge is 0.254 e. The molecule has 1 aliphatic heterocycles. The number of halogens is 1. The molecule has 0 bridgehead atoms. The topological polar surface area (TPSA) is 49.6 Å². The molecule has 4 aromatic rings. The zero-order valence-electron chi connectivity index (χ0n) is 19.1. The van der Waals surface area contributed by atoms with E-state index in [9.17, 15) is 0 Å². The molecule has 1 saturated heterocycles. The Morgan fingerprint density at radius 1 is 0.848 bits per heavy atom. The number of benzene rings is 2. The van der Waals surface area contributed by atoms with Gasteiger partial charge >= 0.3 is 0 Å². The van der Waals surface area contributed by atoms with Crippen LogP contribution in [0, 0.1) is 13.8 Å². The largest absolute Gasteiger partial charge is 0.368 e. The summed E-state index contributed by atoms with van der Waals surface area (Å²) in [6.07, 6.45) is 3.23. The number of aryl methyl sites for hydroxylation is 3. The van der Waals surface area contributed by atoms with E-state index >= 15 is 0 Å². The molecule has 2 aliphatic rings. The van der Waals surface area contributed by atoms with Crippen molar-refractivity contribution in [1.82, 2.24) is 19.6 Å². The molecule has 6 rings (SSSR count). The zero-order valence-corrected chi connectivity index (χ0v) is 19.8. The minimum atomic E-state index is 0.703. The molecule has 0 spiro atoms. The summed E-state index contributed by atoms with van der Waals surface area (Å²) < 4.78 is 1.99. The van der Waals surface area contributed by atoms with Crippen LogP contribution < -0.4 is 9.80 Å². The minimum absolute atomic E-state index is 0.703. The van der Waals surface area contributed by atoms with Crippen LogP contribution >= 0.6 is 11.6 Å². The highest BCUT2D eigenvalue weighted by molar-refractivity contribution is 6.30. The van der Waals surface area contributed by atoms with Crippen LogP contribution in [0.3, 0.4) is 0 Å². The van der Waals surface area contributed by atoms with Crippen molar-refractivity contribution in [2.45, 2.75) is 33.1 Å². The first-order valence-corrected chi connectivity index (χ1v) is 12.1. The Bertz CT molecular complexity index is 1340. The van der Waals surface area contributed by atoms with Crippen LogP contribution in [0.25, 0.3) is 17.2 Å². The summed E-state index contributed by atoms with van der Waals surface area (Å²) in [5, 5.41) is 5.73. The standard InChI is InChI=1S/C26H27ClN6/c1-17-6-9-19(10-7-17)24-29-26-28-22-5-3-4-21(22)25(33(26)30-24)32-14-12-31(13-15-32)23-16-20(27)11-8-18(23)2/h6-11,16H,3-5,12-15H2,1-2H3. The number of aromatic nitrogens is 4. The fourth-order valence-corrected chi connectivity index (χ4v) is 5.26. The summed E-state index contributed by atoms with van der Waals surface area (Å²) in [5.74, 6) is 2.62. The molecule has 0 radical (unpaired) electrons. The summed E-state index contributed by atoms with van der Waals surface area (Å²) in [5.41, 5.74) is 7.28. The molecule has 0 saturated carbocycles.